The van der Waals surface area contributed by atoms with Crippen LogP contribution in [0.1, 0.15) is 46.0 Å². The van der Waals surface area contributed by atoms with Gasteiger partial charge in [0.15, 0.2) is 11.6 Å². The van der Waals surface area contributed by atoms with Crippen molar-refractivity contribution in [2.45, 2.75) is 52.1 Å². The lowest BCUT2D eigenvalue weighted by molar-refractivity contribution is -0.167. The van der Waals surface area contributed by atoms with Crippen LogP contribution in [0.15, 0.2) is 12.2 Å². The first-order chi connectivity index (χ1) is 10.3. The number of Topliss-reactive ketones (excluding diaryl/α,β-unsaturated/α-hetero) is 2. The lowest BCUT2D eigenvalue weighted by atomic mass is 9.42. The van der Waals surface area contributed by atoms with Gasteiger partial charge in [0.2, 0.25) is 0 Å². The van der Waals surface area contributed by atoms with Crippen molar-refractivity contribution >= 4 is 11.6 Å². The molecule has 6 fully saturated rings. The van der Waals surface area contributed by atoms with Crippen molar-refractivity contribution < 1.29 is 14.7 Å². The molecule has 0 aromatic heterocycles. The third-order valence-electron chi connectivity index (χ3n) is 8.66. The Hall–Kier alpha value is -0.960. The normalized spacial score (nSPS) is 61.8. The molecule has 3 heteroatoms. The van der Waals surface area contributed by atoms with Gasteiger partial charge in [0.1, 0.15) is 0 Å². The molecule has 4 bridgehead atoms. The van der Waals surface area contributed by atoms with Crippen LogP contribution in [0.25, 0.3) is 0 Å². The average Bonchev–Trinajstić information content (AvgIpc) is 3.07. The summed E-state index contributed by atoms with van der Waals surface area (Å²) in [5, 5.41) is 10.2. The van der Waals surface area contributed by atoms with Gasteiger partial charge in [0, 0.05) is 11.3 Å². The molecule has 6 aliphatic carbocycles. The maximum absolute atomic E-state index is 13.2. The lowest BCUT2D eigenvalue weighted by Gasteiger charge is -2.60. The van der Waals surface area contributed by atoms with E-state index in [0.717, 1.165) is 31.3 Å². The van der Waals surface area contributed by atoms with Crippen molar-refractivity contribution in [2.24, 2.45) is 39.9 Å². The highest BCUT2D eigenvalue weighted by molar-refractivity contribution is 6.22. The minimum Gasteiger partial charge on any atom is -0.389 e. The van der Waals surface area contributed by atoms with E-state index in [0.29, 0.717) is 12.3 Å². The quantitative estimate of drug-likeness (QED) is 0.552. The van der Waals surface area contributed by atoms with Gasteiger partial charge in [-0.15, -0.1) is 0 Å². The van der Waals surface area contributed by atoms with Crippen LogP contribution in [-0.2, 0) is 9.59 Å². The zero-order valence-corrected chi connectivity index (χ0v) is 13.4. The molecule has 22 heavy (non-hydrogen) atoms. The number of ketones is 2. The molecule has 0 saturated heterocycles. The molecule has 6 rings (SSSR count). The molecule has 8 atom stereocenters. The maximum atomic E-state index is 13.2. The fraction of sp³-hybridized carbons (Fsp3) is 0.789. The highest BCUT2D eigenvalue weighted by atomic mass is 16.3. The summed E-state index contributed by atoms with van der Waals surface area (Å²) in [5.41, 5.74) is -0.0813. The molecule has 118 valence electrons. The fourth-order valence-electron chi connectivity index (χ4n) is 7.41. The molecule has 6 saturated carbocycles. The summed E-state index contributed by atoms with van der Waals surface area (Å²) in [7, 11) is 0. The van der Waals surface area contributed by atoms with Crippen LogP contribution >= 0.6 is 0 Å². The molecule has 1 spiro atoms. The molecule has 1 N–H and O–H groups in total. The van der Waals surface area contributed by atoms with Gasteiger partial charge in [0.05, 0.1) is 11.5 Å². The molecule has 0 aliphatic heterocycles. The van der Waals surface area contributed by atoms with Crippen LogP contribution in [0.3, 0.4) is 0 Å². The summed E-state index contributed by atoms with van der Waals surface area (Å²) >= 11 is 0. The van der Waals surface area contributed by atoms with Crippen LogP contribution in [0.4, 0.5) is 0 Å². The van der Waals surface area contributed by atoms with E-state index < -0.39 is 11.5 Å². The van der Waals surface area contributed by atoms with Crippen molar-refractivity contribution in [1.82, 2.24) is 0 Å². The average molecular weight is 300 g/mol. The van der Waals surface area contributed by atoms with E-state index in [1.807, 2.05) is 6.92 Å². The first-order valence-electron chi connectivity index (χ1n) is 8.75. The van der Waals surface area contributed by atoms with Gasteiger partial charge in [0.25, 0.3) is 0 Å². The van der Waals surface area contributed by atoms with Gasteiger partial charge in [-0.05, 0) is 60.8 Å². The third kappa shape index (κ3) is 1.04. The van der Waals surface area contributed by atoms with Gasteiger partial charge < -0.3 is 5.11 Å². The molecular weight excluding hydrogens is 276 g/mol. The van der Waals surface area contributed by atoms with Crippen molar-refractivity contribution in [3.05, 3.63) is 12.2 Å². The molecule has 3 nitrogen and oxygen atoms in total. The number of hydrogen-bond donors (Lipinski definition) is 1. The summed E-state index contributed by atoms with van der Waals surface area (Å²) in [5.74, 6) is 1.34. The largest absolute Gasteiger partial charge is 0.389 e. The molecule has 1 unspecified atom stereocenters. The summed E-state index contributed by atoms with van der Waals surface area (Å²) in [6.45, 7) is 8.46. The molecule has 0 amide bonds. The van der Waals surface area contributed by atoms with Crippen molar-refractivity contribution in [1.29, 1.82) is 0 Å². The standard InChI is InChI=1S/C19H24O3/c1-9-10-4-7-19-13(17(10,2)6-5-12(9)20)8-11-14(15(19)21)18(11,3)16(19)22/h10-14,20H,1,4-8H2,2-3H3/t10-,11+,12+,13+,14?,17-,18+,19+/m1/s1. The molecular formula is C19H24O3. The number of fused-ring (bicyclic) bond motifs is 1. The van der Waals surface area contributed by atoms with Gasteiger partial charge in [-0.3, -0.25) is 9.59 Å². The minimum atomic E-state index is -0.679. The van der Waals surface area contributed by atoms with Crippen molar-refractivity contribution in [2.75, 3.05) is 0 Å². The van der Waals surface area contributed by atoms with Gasteiger partial charge in [-0.1, -0.05) is 20.4 Å². The molecule has 0 radical (unpaired) electrons. The molecule has 0 heterocycles. The van der Waals surface area contributed by atoms with E-state index in [1.165, 1.54) is 0 Å². The number of aliphatic hydroxyl groups is 1. The second-order valence-corrected chi connectivity index (χ2v) is 9.05. The Morgan fingerprint density at radius 3 is 2.55 bits per heavy atom. The van der Waals surface area contributed by atoms with Gasteiger partial charge in [-0.25, -0.2) is 0 Å². The second kappa shape index (κ2) is 3.43. The van der Waals surface area contributed by atoms with E-state index >= 15 is 0 Å². The monoisotopic (exact) mass is 300 g/mol. The van der Waals surface area contributed by atoms with Crippen molar-refractivity contribution in [3.8, 4) is 0 Å². The first-order valence-corrected chi connectivity index (χ1v) is 8.75. The SMILES string of the molecule is C=C1[C@H]2CC[C@@]34C(=O)C5[C@H](C[C@H]3[C@]2(C)CC[C@@H]1O)[C@]5(C)C4=O. The lowest BCUT2D eigenvalue weighted by Crippen LogP contribution is -2.61. The number of carbonyl (C=O) groups is 2. The fourth-order valence-corrected chi connectivity index (χ4v) is 7.41. The summed E-state index contributed by atoms with van der Waals surface area (Å²) in [6, 6.07) is 0. The first kappa shape index (κ1) is 13.5. The predicted molar refractivity (Wildman–Crippen MR) is 80.9 cm³/mol. The van der Waals surface area contributed by atoms with Gasteiger partial charge in [-0.2, -0.15) is 0 Å². The van der Waals surface area contributed by atoms with E-state index in [4.69, 9.17) is 0 Å². The van der Waals surface area contributed by atoms with Crippen LogP contribution < -0.4 is 0 Å². The Morgan fingerprint density at radius 1 is 1.18 bits per heavy atom. The van der Waals surface area contributed by atoms with Crippen LogP contribution in [-0.4, -0.2) is 22.8 Å². The number of rotatable bonds is 0. The molecule has 0 aromatic carbocycles. The predicted octanol–water partition coefficient (Wildman–Crippen LogP) is 2.52. The van der Waals surface area contributed by atoms with Gasteiger partial charge >= 0.3 is 0 Å². The van der Waals surface area contributed by atoms with Crippen LogP contribution in [0, 0.1) is 39.9 Å². The molecule has 6 aliphatic rings. The van der Waals surface area contributed by atoms with Crippen molar-refractivity contribution in [3.63, 3.8) is 0 Å². The van der Waals surface area contributed by atoms with E-state index in [-0.39, 0.29) is 40.2 Å². The number of hydrogen-bond acceptors (Lipinski definition) is 3. The minimum absolute atomic E-state index is 0.0330. The van der Waals surface area contributed by atoms with Crippen LogP contribution in [0.2, 0.25) is 0 Å². The Kier molecular flexibility index (Phi) is 2.10. The van der Waals surface area contributed by atoms with Crippen LogP contribution in [0.5, 0.6) is 0 Å². The van der Waals surface area contributed by atoms with E-state index in [9.17, 15) is 14.7 Å². The highest BCUT2D eigenvalue weighted by Gasteiger charge is 2.87. The smallest absolute Gasteiger partial charge is 0.153 e. The summed E-state index contributed by atoms with van der Waals surface area (Å²) in [6.07, 6.45) is 3.82. The Bertz CT molecular complexity index is 651. The zero-order valence-electron chi connectivity index (χ0n) is 13.4. The topological polar surface area (TPSA) is 54.4 Å². The number of aliphatic hydroxyl groups excluding tert-OH is 1. The third-order valence-corrected chi connectivity index (χ3v) is 8.66. The Morgan fingerprint density at radius 2 is 1.91 bits per heavy atom. The Balaban J connectivity index is 1.64. The summed E-state index contributed by atoms with van der Waals surface area (Å²) in [4.78, 5) is 26.2. The van der Waals surface area contributed by atoms with E-state index in [2.05, 4.69) is 13.5 Å². The van der Waals surface area contributed by atoms with E-state index in [1.54, 1.807) is 0 Å². The maximum Gasteiger partial charge on any atom is 0.153 e. The Labute approximate surface area is 131 Å². The highest BCUT2D eigenvalue weighted by Crippen LogP contribution is 2.81. The zero-order chi connectivity index (χ0) is 15.7. The summed E-state index contributed by atoms with van der Waals surface area (Å²) < 4.78 is 0. The molecule has 0 aromatic rings. The number of carbonyl (C=O) groups excluding carboxylic acids is 2. The second-order valence-electron chi connectivity index (χ2n) is 9.05.